The Morgan fingerprint density at radius 2 is 1.89 bits per heavy atom. The molecule has 1 aromatic carbocycles. The number of carbonyl (C=O) groups excluding carboxylic acids is 1. The normalized spacial score (nSPS) is 18.1. The number of hydrogen-bond donors (Lipinski definition) is 3. The van der Waals surface area contributed by atoms with Crippen LogP contribution < -0.4 is 10.0 Å². The van der Waals surface area contributed by atoms with Gasteiger partial charge in [0.2, 0.25) is 15.6 Å². The minimum atomic E-state index is -5.19. The number of nitrogens with one attached hydrogen (secondary N) is 2. The van der Waals surface area contributed by atoms with E-state index in [0.717, 1.165) is 44.1 Å². The molecule has 0 bridgehead atoms. The highest BCUT2D eigenvalue weighted by Crippen LogP contribution is 2.32. The van der Waals surface area contributed by atoms with Crippen LogP contribution in [0.2, 0.25) is 5.02 Å². The minimum Gasteiger partial charge on any atom is -0.373 e. The predicted molar refractivity (Wildman–Crippen MR) is 97.6 cm³/mol. The monoisotopic (exact) mass is 443 g/mol. The molecule has 12 heteroatoms. The second-order valence-electron chi connectivity index (χ2n) is 6.61. The lowest BCUT2D eigenvalue weighted by atomic mass is 10.1. The summed E-state index contributed by atoms with van der Waals surface area (Å²) in [6, 6.07) is 3.17. The van der Waals surface area contributed by atoms with Crippen LogP contribution in [-0.2, 0) is 14.8 Å². The van der Waals surface area contributed by atoms with Crippen LogP contribution in [0, 0.1) is 0 Å². The molecule has 1 heterocycles. The molecule has 0 aromatic heterocycles. The number of carbonyl (C=O) groups is 1. The van der Waals surface area contributed by atoms with Gasteiger partial charge in [-0.25, -0.2) is 13.1 Å². The van der Waals surface area contributed by atoms with Gasteiger partial charge in [-0.15, -0.1) is 0 Å². The molecule has 3 N–H and O–H groups in total. The van der Waals surface area contributed by atoms with E-state index in [4.69, 9.17) is 11.6 Å². The fourth-order valence-corrected chi connectivity index (χ4v) is 3.90. The molecular weight excluding hydrogens is 423 g/mol. The Morgan fingerprint density at radius 1 is 1.29 bits per heavy atom. The lowest BCUT2D eigenvalue weighted by Gasteiger charge is -2.25. The van der Waals surface area contributed by atoms with Gasteiger partial charge >= 0.3 is 6.18 Å². The second kappa shape index (κ2) is 8.54. The van der Waals surface area contributed by atoms with E-state index in [1.807, 2.05) is 5.32 Å². The number of anilines is 1. The number of alkyl halides is 3. The zero-order valence-electron chi connectivity index (χ0n) is 15.0. The van der Waals surface area contributed by atoms with E-state index in [1.54, 1.807) is 0 Å². The Kier molecular flexibility index (Phi) is 6.98. The fourth-order valence-electron chi connectivity index (χ4n) is 2.56. The summed E-state index contributed by atoms with van der Waals surface area (Å²) in [5, 5.41) is 10.9. The van der Waals surface area contributed by atoms with Crippen molar-refractivity contribution in [2.45, 2.75) is 36.4 Å². The molecule has 1 aromatic rings. The van der Waals surface area contributed by atoms with Gasteiger partial charge in [0.25, 0.3) is 5.91 Å². The van der Waals surface area contributed by atoms with Crippen molar-refractivity contribution in [3.8, 4) is 0 Å². The maximum atomic E-state index is 12.7. The lowest BCUT2D eigenvalue weighted by molar-refractivity contribution is -0.242. The zero-order valence-corrected chi connectivity index (χ0v) is 16.6. The van der Waals surface area contributed by atoms with Crippen LogP contribution >= 0.6 is 11.6 Å². The molecule has 158 valence electrons. The molecule has 0 saturated carbocycles. The SMILES string of the molecule is C[C@@](O)(C(=O)Nc1ccc(S(=O)(=O)NCCN2CCCC2)cc1Cl)C(F)(F)F. The molecular formula is C16H21ClF3N3O4S. The van der Waals surface area contributed by atoms with E-state index in [0.29, 0.717) is 13.5 Å². The van der Waals surface area contributed by atoms with E-state index in [-0.39, 0.29) is 22.2 Å². The number of rotatable bonds is 7. The Hall–Kier alpha value is -1.40. The van der Waals surface area contributed by atoms with E-state index in [1.165, 1.54) is 0 Å². The highest BCUT2D eigenvalue weighted by atomic mass is 35.5. The molecule has 1 amide bonds. The molecule has 1 saturated heterocycles. The van der Waals surface area contributed by atoms with Gasteiger partial charge in [-0.05, 0) is 51.1 Å². The predicted octanol–water partition coefficient (Wildman–Crippen LogP) is 1.97. The molecule has 1 aliphatic heterocycles. The second-order valence-corrected chi connectivity index (χ2v) is 8.79. The standard InChI is InChI=1S/C16H21ClF3N3O4S/c1-15(25,16(18,19)20)14(24)22-13-5-4-11(10-12(13)17)28(26,27)21-6-9-23-7-2-3-8-23/h4-5,10,21,25H,2-3,6-9H2,1H3,(H,22,24)/t15-/m1/s1. The topological polar surface area (TPSA) is 98.7 Å². The summed E-state index contributed by atoms with van der Waals surface area (Å²) in [5.41, 5.74) is -3.88. The third-order valence-electron chi connectivity index (χ3n) is 4.41. The van der Waals surface area contributed by atoms with Gasteiger partial charge in [-0.1, -0.05) is 11.6 Å². The third-order valence-corrected chi connectivity index (χ3v) is 6.18. The van der Waals surface area contributed by atoms with Crippen LogP contribution in [0.25, 0.3) is 0 Å². The number of amides is 1. The van der Waals surface area contributed by atoms with Crippen molar-refractivity contribution in [3.05, 3.63) is 23.2 Å². The summed E-state index contributed by atoms with van der Waals surface area (Å²) in [6.45, 7) is 2.91. The van der Waals surface area contributed by atoms with Gasteiger partial charge in [0.15, 0.2) is 0 Å². The summed E-state index contributed by atoms with van der Waals surface area (Å²) in [6.07, 6.45) is -3.03. The summed E-state index contributed by atoms with van der Waals surface area (Å²) in [4.78, 5) is 13.6. The average Bonchev–Trinajstić information content (AvgIpc) is 3.08. The van der Waals surface area contributed by atoms with E-state index >= 15 is 0 Å². The largest absolute Gasteiger partial charge is 0.426 e. The first kappa shape index (κ1) is 22.9. The van der Waals surface area contributed by atoms with Crippen molar-refractivity contribution >= 4 is 33.2 Å². The number of benzene rings is 1. The molecule has 0 radical (unpaired) electrons. The molecule has 1 atom stereocenters. The van der Waals surface area contributed by atoms with Gasteiger partial charge in [-0.3, -0.25) is 4.79 Å². The van der Waals surface area contributed by atoms with Gasteiger partial charge in [0.1, 0.15) is 0 Å². The van der Waals surface area contributed by atoms with Crippen molar-refractivity contribution < 1.29 is 31.5 Å². The first-order valence-electron chi connectivity index (χ1n) is 8.47. The van der Waals surface area contributed by atoms with Crippen LogP contribution in [0.5, 0.6) is 0 Å². The molecule has 1 fully saturated rings. The highest BCUT2D eigenvalue weighted by Gasteiger charge is 2.55. The van der Waals surface area contributed by atoms with Crippen LogP contribution in [-0.4, -0.2) is 62.3 Å². The van der Waals surface area contributed by atoms with E-state index < -0.39 is 27.7 Å². The van der Waals surface area contributed by atoms with Gasteiger partial charge < -0.3 is 15.3 Å². The van der Waals surface area contributed by atoms with Crippen LogP contribution in [0.3, 0.4) is 0 Å². The zero-order chi connectivity index (χ0) is 21.2. The van der Waals surface area contributed by atoms with Crippen molar-refractivity contribution in [2.75, 3.05) is 31.5 Å². The summed E-state index contributed by atoms with van der Waals surface area (Å²) < 4.78 is 65.2. The van der Waals surface area contributed by atoms with Gasteiger partial charge in [0, 0.05) is 13.1 Å². The Morgan fingerprint density at radius 3 is 2.43 bits per heavy atom. The molecule has 1 aliphatic rings. The van der Waals surface area contributed by atoms with E-state index in [2.05, 4.69) is 9.62 Å². The van der Waals surface area contributed by atoms with Crippen LogP contribution in [0.4, 0.5) is 18.9 Å². The molecule has 0 unspecified atom stereocenters. The fraction of sp³-hybridized carbons (Fsp3) is 0.562. The molecule has 7 nitrogen and oxygen atoms in total. The van der Waals surface area contributed by atoms with E-state index in [9.17, 15) is 31.5 Å². The number of sulfonamides is 1. The average molecular weight is 444 g/mol. The number of aliphatic hydroxyl groups is 1. The highest BCUT2D eigenvalue weighted by molar-refractivity contribution is 7.89. The van der Waals surface area contributed by atoms with Gasteiger partial charge in [-0.2, -0.15) is 13.2 Å². The molecule has 28 heavy (non-hydrogen) atoms. The summed E-state index contributed by atoms with van der Waals surface area (Å²) in [7, 11) is -3.87. The quantitative estimate of drug-likeness (QED) is 0.598. The van der Waals surface area contributed by atoms with Crippen molar-refractivity contribution in [3.63, 3.8) is 0 Å². The minimum absolute atomic E-state index is 0.195. The molecule has 0 spiro atoms. The Balaban J connectivity index is 2.05. The maximum Gasteiger partial charge on any atom is 0.426 e. The smallest absolute Gasteiger partial charge is 0.373 e. The molecule has 2 rings (SSSR count). The molecule has 0 aliphatic carbocycles. The number of halogens is 4. The Bertz CT molecular complexity index is 825. The van der Waals surface area contributed by atoms with Crippen molar-refractivity contribution in [1.82, 2.24) is 9.62 Å². The Labute approximate surface area is 165 Å². The van der Waals surface area contributed by atoms with Gasteiger partial charge in [0.05, 0.1) is 15.6 Å². The first-order chi connectivity index (χ1) is 12.8. The first-order valence-corrected chi connectivity index (χ1v) is 10.3. The number of nitrogens with zero attached hydrogens (tertiary/aromatic N) is 1. The summed E-state index contributed by atoms with van der Waals surface area (Å²) >= 11 is 5.90. The third kappa shape index (κ3) is 5.35. The van der Waals surface area contributed by atoms with Crippen LogP contribution in [0.1, 0.15) is 19.8 Å². The maximum absolute atomic E-state index is 12.7. The lowest BCUT2D eigenvalue weighted by Crippen LogP contribution is -2.52. The number of hydrogen-bond acceptors (Lipinski definition) is 5. The number of likely N-dealkylation sites (tertiary alicyclic amines) is 1. The van der Waals surface area contributed by atoms with Crippen molar-refractivity contribution in [2.24, 2.45) is 0 Å². The summed E-state index contributed by atoms with van der Waals surface area (Å²) in [5.74, 6) is -1.73. The van der Waals surface area contributed by atoms with Crippen molar-refractivity contribution in [1.29, 1.82) is 0 Å². The van der Waals surface area contributed by atoms with Crippen LogP contribution in [0.15, 0.2) is 23.1 Å².